The average Bonchev–Trinajstić information content (AvgIpc) is 2.94. The Kier molecular flexibility index (Phi) is 5.81. The zero-order chi connectivity index (χ0) is 16.9. The van der Waals surface area contributed by atoms with Crippen LogP contribution in [0.5, 0.6) is 11.5 Å². The second-order valence-corrected chi connectivity index (χ2v) is 5.44. The molecule has 126 valence electrons. The van der Waals surface area contributed by atoms with E-state index in [1.165, 1.54) is 20.4 Å². The number of hydrogen-bond acceptors (Lipinski definition) is 6. The molecule has 1 aliphatic rings. The SMILES string of the molecule is COc1cc(Cl)c(/C=N\NC(=O)CC2(C)OCCO2)cc1OC. The van der Waals surface area contributed by atoms with Crippen molar-refractivity contribution in [2.75, 3.05) is 27.4 Å². The Morgan fingerprint density at radius 3 is 2.57 bits per heavy atom. The topological polar surface area (TPSA) is 78.4 Å². The maximum absolute atomic E-state index is 11.8. The van der Waals surface area contributed by atoms with Gasteiger partial charge >= 0.3 is 0 Å². The maximum atomic E-state index is 11.8. The van der Waals surface area contributed by atoms with Crippen LogP contribution in [0, 0.1) is 0 Å². The predicted molar refractivity (Wildman–Crippen MR) is 85.2 cm³/mol. The summed E-state index contributed by atoms with van der Waals surface area (Å²) in [4.78, 5) is 11.8. The molecule has 23 heavy (non-hydrogen) atoms. The highest BCUT2D eigenvalue weighted by Crippen LogP contribution is 2.32. The summed E-state index contributed by atoms with van der Waals surface area (Å²) in [5, 5.41) is 4.32. The van der Waals surface area contributed by atoms with Crippen molar-refractivity contribution in [3.8, 4) is 11.5 Å². The van der Waals surface area contributed by atoms with Gasteiger partial charge in [-0.25, -0.2) is 5.43 Å². The highest BCUT2D eigenvalue weighted by molar-refractivity contribution is 6.33. The highest BCUT2D eigenvalue weighted by atomic mass is 35.5. The number of carbonyl (C=O) groups is 1. The molecule has 1 heterocycles. The number of nitrogens with one attached hydrogen (secondary N) is 1. The number of methoxy groups -OCH3 is 2. The first-order chi connectivity index (χ1) is 11.0. The van der Waals surface area contributed by atoms with Crippen molar-refractivity contribution in [1.29, 1.82) is 0 Å². The van der Waals surface area contributed by atoms with Crippen LogP contribution in [0.1, 0.15) is 18.9 Å². The zero-order valence-electron chi connectivity index (χ0n) is 13.2. The van der Waals surface area contributed by atoms with Gasteiger partial charge in [0.15, 0.2) is 17.3 Å². The first-order valence-corrected chi connectivity index (χ1v) is 7.36. The molecule has 0 bridgehead atoms. The molecule has 1 N–H and O–H groups in total. The lowest BCUT2D eigenvalue weighted by Crippen LogP contribution is -2.33. The molecule has 1 amide bonds. The van der Waals surface area contributed by atoms with Crippen molar-refractivity contribution in [3.05, 3.63) is 22.7 Å². The highest BCUT2D eigenvalue weighted by Gasteiger charge is 2.33. The van der Waals surface area contributed by atoms with Gasteiger partial charge < -0.3 is 18.9 Å². The van der Waals surface area contributed by atoms with Gasteiger partial charge in [0.2, 0.25) is 5.91 Å². The molecular weight excluding hydrogens is 324 g/mol. The smallest absolute Gasteiger partial charge is 0.245 e. The Labute approximate surface area is 139 Å². The monoisotopic (exact) mass is 342 g/mol. The van der Waals surface area contributed by atoms with Crippen molar-refractivity contribution in [1.82, 2.24) is 5.43 Å². The summed E-state index contributed by atoms with van der Waals surface area (Å²) in [5.41, 5.74) is 3.00. The molecule has 1 saturated heterocycles. The Bertz CT molecular complexity index is 600. The third-order valence-electron chi connectivity index (χ3n) is 3.28. The summed E-state index contributed by atoms with van der Waals surface area (Å²) in [6.45, 7) is 2.68. The minimum Gasteiger partial charge on any atom is -0.493 e. The summed E-state index contributed by atoms with van der Waals surface area (Å²) in [7, 11) is 3.05. The molecule has 0 aromatic heterocycles. The van der Waals surface area contributed by atoms with Gasteiger partial charge in [-0.2, -0.15) is 5.10 Å². The number of amides is 1. The molecule has 0 aliphatic carbocycles. The largest absolute Gasteiger partial charge is 0.493 e. The Hall–Kier alpha value is -1.83. The van der Waals surface area contributed by atoms with Crippen molar-refractivity contribution in [2.45, 2.75) is 19.1 Å². The van der Waals surface area contributed by atoms with Crippen LogP contribution in [0.4, 0.5) is 0 Å². The average molecular weight is 343 g/mol. The number of hydrogen-bond donors (Lipinski definition) is 1. The molecule has 0 unspecified atom stereocenters. The van der Waals surface area contributed by atoms with E-state index in [-0.39, 0.29) is 12.3 Å². The van der Waals surface area contributed by atoms with Crippen molar-refractivity contribution in [2.24, 2.45) is 5.10 Å². The fraction of sp³-hybridized carbons (Fsp3) is 0.467. The second-order valence-electron chi connectivity index (χ2n) is 5.03. The Balaban J connectivity index is 1.98. The van der Waals surface area contributed by atoms with Crippen molar-refractivity contribution >= 4 is 23.7 Å². The molecule has 1 fully saturated rings. The summed E-state index contributed by atoms with van der Waals surface area (Å²) >= 11 is 6.13. The Morgan fingerprint density at radius 2 is 1.96 bits per heavy atom. The molecule has 0 spiro atoms. The normalized spacial score (nSPS) is 16.5. The predicted octanol–water partition coefficient (Wildman–Crippen LogP) is 1.96. The van der Waals surface area contributed by atoms with E-state index in [0.717, 1.165) is 0 Å². The molecule has 2 rings (SSSR count). The molecule has 1 aliphatic heterocycles. The second kappa shape index (κ2) is 7.63. The van der Waals surface area contributed by atoms with Crippen LogP contribution in [0.25, 0.3) is 0 Å². The third kappa shape index (κ3) is 4.57. The van der Waals surface area contributed by atoms with Crippen molar-refractivity contribution in [3.63, 3.8) is 0 Å². The van der Waals surface area contributed by atoms with E-state index in [1.807, 2.05) is 0 Å². The van der Waals surface area contributed by atoms with E-state index in [1.54, 1.807) is 19.1 Å². The lowest BCUT2D eigenvalue weighted by molar-refractivity contribution is -0.159. The molecule has 0 saturated carbocycles. The van der Waals surface area contributed by atoms with Crippen molar-refractivity contribution < 1.29 is 23.7 Å². The number of benzene rings is 1. The van der Waals surface area contributed by atoms with Crippen LogP contribution < -0.4 is 14.9 Å². The molecule has 0 atom stereocenters. The van der Waals surface area contributed by atoms with Gasteiger partial charge in [-0.15, -0.1) is 0 Å². The number of hydrazone groups is 1. The molecule has 1 aromatic carbocycles. The van der Waals surface area contributed by atoms with E-state index < -0.39 is 5.79 Å². The summed E-state index contributed by atoms with van der Waals surface area (Å²) in [6, 6.07) is 3.28. The fourth-order valence-electron chi connectivity index (χ4n) is 2.13. The molecule has 7 nitrogen and oxygen atoms in total. The first kappa shape index (κ1) is 17.5. The van der Waals surface area contributed by atoms with Crippen LogP contribution >= 0.6 is 11.6 Å². The van der Waals surface area contributed by atoms with Gasteiger partial charge in [0.1, 0.15) is 0 Å². The van der Waals surface area contributed by atoms with Crippen LogP contribution in [-0.2, 0) is 14.3 Å². The first-order valence-electron chi connectivity index (χ1n) is 6.99. The van der Waals surface area contributed by atoms with Gasteiger partial charge in [0.25, 0.3) is 0 Å². The van der Waals surface area contributed by atoms with Crippen LogP contribution in [0.15, 0.2) is 17.2 Å². The standard InChI is InChI=1S/C15H19ClN2O5/c1-15(22-4-5-23-15)8-14(19)18-17-9-10-6-12(20-2)13(21-3)7-11(10)16/h6-7,9H,4-5,8H2,1-3H3,(H,18,19)/b17-9-. The molecule has 8 heteroatoms. The summed E-state index contributed by atoms with van der Waals surface area (Å²) in [5.74, 6) is -0.171. The van der Waals surface area contributed by atoms with Gasteiger partial charge in [-0.05, 0) is 13.0 Å². The summed E-state index contributed by atoms with van der Waals surface area (Å²) in [6.07, 6.45) is 1.49. The summed E-state index contributed by atoms with van der Waals surface area (Å²) < 4.78 is 21.1. The molecular formula is C15H19ClN2O5. The van der Waals surface area contributed by atoms with Gasteiger partial charge in [-0.1, -0.05) is 11.6 Å². The Morgan fingerprint density at radius 1 is 1.35 bits per heavy atom. The van der Waals surface area contributed by atoms with E-state index >= 15 is 0 Å². The van der Waals surface area contributed by atoms with E-state index in [0.29, 0.717) is 35.3 Å². The van der Waals surface area contributed by atoms with Gasteiger partial charge in [-0.3, -0.25) is 4.79 Å². The van der Waals surface area contributed by atoms with E-state index in [9.17, 15) is 4.79 Å². The van der Waals surface area contributed by atoms with Crippen LogP contribution in [0.2, 0.25) is 5.02 Å². The number of halogens is 1. The van der Waals surface area contributed by atoms with Gasteiger partial charge in [0.05, 0.1) is 45.1 Å². The van der Waals surface area contributed by atoms with Crippen LogP contribution in [-0.4, -0.2) is 45.3 Å². The number of carbonyl (C=O) groups excluding carboxylic acids is 1. The number of ether oxygens (including phenoxy) is 4. The van der Waals surface area contributed by atoms with Crippen LogP contribution in [0.3, 0.4) is 0 Å². The minimum absolute atomic E-state index is 0.0595. The zero-order valence-corrected chi connectivity index (χ0v) is 14.0. The maximum Gasteiger partial charge on any atom is 0.245 e. The quantitative estimate of drug-likeness (QED) is 0.631. The van der Waals surface area contributed by atoms with E-state index in [4.69, 9.17) is 30.5 Å². The minimum atomic E-state index is -0.888. The molecule has 0 radical (unpaired) electrons. The number of rotatable bonds is 6. The lowest BCUT2D eigenvalue weighted by Gasteiger charge is -2.20. The van der Waals surface area contributed by atoms with Gasteiger partial charge in [0, 0.05) is 11.6 Å². The van der Waals surface area contributed by atoms with E-state index in [2.05, 4.69) is 10.5 Å². The molecule has 1 aromatic rings. The number of nitrogens with zero attached hydrogens (tertiary/aromatic N) is 1. The third-order valence-corrected chi connectivity index (χ3v) is 3.60. The lowest BCUT2D eigenvalue weighted by atomic mass is 10.2. The fourth-order valence-corrected chi connectivity index (χ4v) is 2.34.